The predicted octanol–water partition coefficient (Wildman–Crippen LogP) is 2.73. The molecule has 0 aliphatic carbocycles. The normalized spacial score (nSPS) is 12.6. The second kappa shape index (κ2) is 4.56. The molecule has 0 bridgehead atoms. The van der Waals surface area contributed by atoms with Crippen molar-refractivity contribution in [2.24, 2.45) is 0 Å². The van der Waals surface area contributed by atoms with E-state index < -0.39 is 12.1 Å². The van der Waals surface area contributed by atoms with Gasteiger partial charge in [-0.15, -0.1) is 11.3 Å². The van der Waals surface area contributed by atoms with Crippen LogP contribution in [0, 0.1) is 2.88 Å². The van der Waals surface area contributed by atoms with Crippen LogP contribution < -0.4 is 0 Å². The number of aliphatic hydroxyl groups is 1. The third-order valence-corrected chi connectivity index (χ3v) is 3.82. The highest BCUT2D eigenvalue weighted by molar-refractivity contribution is 14.1. The fourth-order valence-electron chi connectivity index (χ4n) is 1.25. The Hall–Kier alpha value is -0.860. The van der Waals surface area contributed by atoms with Crippen LogP contribution in [0.15, 0.2) is 28.0 Å². The number of hydrogen-bond acceptors (Lipinski definition) is 4. The molecule has 2 aromatic rings. The molecule has 0 saturated heterocycles. The molecule has 2 rings (SSSR count). The molecule has 0 aliphatic heterocycles. The molecule has 16 heavy (non-hydrogen) atoms. The Morgan fingerprint density at radius 2 is 2.25 bits per heavy atom. The SMILES string of the molecule is O=C(O)c1ccc(C(O)c2csc(I)c2)o1. The van der Waals surface area contributed by atoms with Crippen LogP contribution in [0.2, 0.25) is 0 Å². The first-order valence-corrected chi connectivity index (χ1v) is 6.29. The molecule has 2 aromatic heterocycles. The van der Waals surface area contributed by atoms with E-state index in [4.69, 9.17) is 9.52 Å². The Labute approximate surface area is 109 Å². The number of thiophene rings is 1. The molecule has 1 unspecified atom stereocenters. The van der Waals surface area contributed by atoms with E-state index in [9.17, 15) is 9.90 Å². The van der Waals surface area contributed by atoms with E-state index >= 15 is 0 Å². The highest BCUT2D eigenvalue weighted by Gasteiger charge is 2.18. The lowest BCUT2D eigenvalue weighted by molar-refractivity contribution is 0.0655. The molecule has 84 valence electrons. The second-order valence-corrected chi connectivity index (χ2v) is 5.90. The van der Waals surface area contributed by atoms with Crippen molar-refractivity contribution in [1.29, 1.82) is 0 Å². The van der Waals surface area contributed by atoms with Gasteiger partial charge < -0.3 is 14.6 Å². The van der Waals surface area contributed by atoms with Crippen LogP contribution in [0.5, 0.6) is 0 Å². The molecule has 2 heterocycles. The molecule has 2 N–H and O–H groups in total. The third-order valence-electron chi connectivity index (χ3n) is 2.01. The molecule has 6 heteroatoms. The summed E-state index contributed by atoms with van der Waals surface area (Å²) >= 11 is 3.66. The van der Waals surface area contributed by atoms with Gasteiger partial charge in [-0.1, -0.05) is 0 Å². The molecule has 0 aromatic carbocycles. The lowest BCUT2D eigenvalue weighted by atomic mass is 10.1. The average Bonchev–Trinajstić information content (AvgIpc) is 2.84. The monoisotopic (exact) mass is 350 g/mol. The fraction of sp³-hybridized carbons (Fsp3) is 0.100. The zero-order valence-electron chi connectivity index (χ0n) is 7.88. The Balaban J connectivity index is 2.26. The number of aromatic carboxylic acids is 1. The summed E-state index contributed by atoms with van der Waals surface area (Å²) in [5, 5.41) is 20.4. The maximum atomic E-state index is 10.6. The van der Waals surface area contributed by atoms with Crippen LogP contribution >= 0.6 is 33.9 Å². The van der Waals surface area contributed by atoms with Crippen LogP contribution in [-0.2, 0) is 0 Å². The third kappa shape index (κ3) is 2.28. The van der Waals surface area contributed by atoms with Crippen LogP contribution in [0.25, 0.3) is 0 Å². The molecular weight excluding hydrogens is 343 g/mol. The zero-order chi connectivity index (χ0) is 11.7. The van der Waals surface area contributed by atoms with Gasteiger partial charge in [-0.05, 0) is 51.7 Å². The van der Waals surface area contributed by atoms with E-state index in [2.05, 4.69) is 22.6 Å². The Morgan fingerprint density at radius 3 is 2.75 bits per heavy atom. The van der Waals surface area contributed by atoms with Gasteiger partial charge in [0.1, 0.15) is 11.9 Å². The van der Waals surface area contributed by atoms with Crippen molar-refractivity contribution >= 4 is 39.9 Å². The first-order valence-electron chi connectivity index (χ1n) is 4.33. The van der Waals surface area contributed by atoms with E-state index in [1.165, 1.54) is 23.5 Å². The van der Waals surface area contributed by atoms with E-state index in [-0.39, 0.29) is 11.5 Å². The van der Waals surface area contributed by atoms with Gasteiger partial charge in [0, 0.05) is 0 Å². The summed E-state index contributed by atoms with van der Waals surface area (Å²) in [6, 6.07) is 4.63. The largest absolute Gasteiger partial charge is 0.475 e. The Bertz CT molecular complexity index is 516. The lowest BCUT2D eigenvalue weighted by Gasteiger charge is -2.04. The van der Waals surface area contributed by atoms with Gasteiger partial charge in [0.05, 0.1) is 2.88 Å². The summed E-state index contributed by atoms with van der Waals surface area (Å²) in [6.07, 6.45) is -0.909. The number of carboxylic acids is 1. The molecule has 0 amide bonds. The number of carbonyl (C=O) groups is 1. The van der Waals surface area contributed by atoms with Crippen LogP contribution in [0.1, 0.15) is 28.0 Å². The fourth-order valence-corrected chi connectivity index (χ4v) is 2.64. The van der Waals surface area contributed by atoms with Crippen LogP contribution in [0.4, 0.5) is 0 Å². The van der Waals surface area contributed by atoms with Gasteiger partial charge in [-0.2, -0.15) is 0 Å². The summed E-state index contributed by atoms with van der Waals surface area (Å²) in [7, 11) is 0. The van der Waals surface area contributed by atoms with Gasteiger partial charge in [-0.3, -0.25) is 0 Å². The van der Waals surface area contributed by atoms with Gasteiger partial charge >= 0.3 is 5.97 Å². The number of carboxylic acid groups (broad SMARTS) is 1. The topological polar surface area (TPSA) is 70.7 Å². The summed E-state index contributed by atoms with van der Waals surface area (Å²) < 4.78 is 6.08. The van der Waals surface area contributed by atoms with Crippen molar-refractivity contribution < 1.29 is 19.4 Å². The molecule has 1 atom stereocenters. The Kier molecular flexibility index (Phi) is 3.31. The van der Waals surface area contributed by atoms with Crippen LogP contribution in [0.3, 0.4) is 0 Å². The highest BCUT2D eigenvalue weighted by atomic mass is 127. The molecule has 4 nitrogen and oxygen atoms in total. The molecule has 0 aliphatic rings. The molecule has 0 radical (unpaired) electrons. The van der Waals surface area contributed by atoms with Gasteiger partial charge in [0.25, 0.3) is 0 Å². The maximum Gasteiger partial charge on any atom is 0.371 e. The minimum atomic E-state index is -1.14. The van der Waals surface area contributed by atoms with E-state index in [0.717, 1.165) is 2.88 Å². The first kappa shape index (κ1) is 11.6. The number of hydrogen-bond donors (Lipinski definition) is 2. The summed E-state index contributed by atoms with van der Waals surface area (Å²) in [6.45, 7) is 0. The van der Waals surface area contributed by atoms with Gasteiger partial charge in [-0.25, -0.2) is 4.79 Å². The molecular formula is C10H7IO4S. The number of aliphatic hydroxyl groups excluding tert-OH is 1. The van der Waals surface area contributed by atoms with Crippen molar-refractivity contribution in [1.82, 2.24) is 0 Å². The second-order valence-electron chi connectivity index (χ2n) is 3.09. The molecule has 0 saturated carbocycles. The van der Waals surface area contributed by atoms with Crippen molar-refractivity contribution in [2.75, 3.05) is 0 Å². The highest BCUT2D eigenvalue weighted by Crippen LogP contribution is 2.28. The molecule has 0 fully saturated rings. The van der Waals surface area contributed by atoms with Crippen LogP contribution in [-0.4, -0.2) is 16.2 Å². The van der Waals surface area contributed by atoms with Crippen molar-refractivity contribution in [2.45, 2.75) is 6.10 Å². The minimum Gasteiger partial charge on any atom is -0.475 e. The smallest absolute Gasteiger partial charge is 0.371 e. The quantitative estimate of drug-likeness (QED) is 0.836. The average molecular weight is 350 g/mol. The maximum absolute atomic E-state index is 10.6. The molecule has 0 spiro atoms. The standard InChI is InChI=1S/C10H7IO4S/c11-8-3-5(4-16-8)9(12)6-1-2-7(15-6)10(13)14/h1-4,9,12H,(H,13,14). The van der Waals surface area contributed by atoms with Gasteiger partial charge in [0.15, 0.2) is 0 Å². The van der Waals surface area contributed by atoms with Gasteiger partial charge in [0.2, 0.25) is 5.76 Å². The zero-order valence-corrected chi connectivity index (χ0v) is 10.9. The van der Waals surface area contributed by atoms with E-state index in [1.54, 1.807) is 0 Å². The number of halogens is 1. The van der Waals surface area contributed by atoms with Crippen molar-refractivity contribution in [3.63, 3.8) is 0 Å². The summed E-state index contributed by atoms with van der Waals surface area (Å²) in [5.41, 5.74) is 0.709. The van der Waals surface area contributed by atoms with Crippen molar-refractivity contribution in [3.8, 4) is 0 Å². The van der Waals surface area contributed by atoms with E-state index in [0.29, 0.717) is 5.56 Å². The number of rotatable bonds is 3. The summed E-state index contributed by atoms with van der Waals surface area (Å²) in [4.78, 5) is 10.6. The number of furan rings is 1. The lowest BCUT2D eigenvalue weighted by Crippen LogP contribution is -1.97. The van der Waals surface area contributed by atoms with E-state index in [1.807, 2.05) is 11.4 Å². The predicted molar refractivity (Wildman–Crippen MR) is 66.8 cm³/mol. The Morgan fingerprint density at radius 1 is 1.50 bits per heavy atom. The van der Waals surface area contributed by atoms with Crippen molar-refractivity contribution in [3.05, 3.63) is 43.5 Å². The minimum absolute atomic E-state index is 0.168. The first-order chi connectivity index (χ1) is 7.58. The summed E-state index contributed by atoms with van der Waals surface area (Å²) in [5.74, 6) is -1.07.